The maximum Gasteiger partial charge on any atom is 0.139 e. The Balaban J connectivity index is 1.40. The van der Waals surface area contributed by atoms with Gasteiger partial charge < -0.3 is 9.88 Å². The molecule has 0 spiro atoms. The van der Waals surface area contributed by atoms with Crippen LogP contribution in [0.1, 0.15) is 30.9 Å². The number of aromatic amines is 1. The first-order chi connectivity index (χ1) is 17.7. The lowest BCUT2D eigenvalue weighted by molar-refractivity contribution is 0.104. The molecule has 1 N–H and O–H groups in total. The average Bonchev–Trinajstić information content (AvgIpc) is 3.44. The SMILES string of the molecule is CCN1CCC([N+]2(c3ccc(Cl)c(-c4ncc(-c5ccccc5)[nH]4)c3)CCc3ccccc3C2)CC1. The molecule has 0 amide bonds. The fraction of sp³-hybridized carbons (Fsp3) is 0.323. The van der Waals surface area contributed by atoms with E-state index in [1.54, 1.807) is 0 Å². The van der Waals surface area contributed by atoms with Gasteiger partial charge in [-0.1, -0.05) is 73.1 Å². The Labute approximate surface area is 219 Å². The van der Waals surface area contributed by atoms with Crippen molar-refractivity contribution in [3.05, 3.63) is 95.1 Å². The second-order valence-electron chi connectivity index (χ2n) is 10.3. The van der Waals surface area contributed by atoms with E-state index in [0.717, 1.165) is 58.2 Å². The number of fused-ring (bicyclic) bond motifs is 1. The first kappa shape index (κ1) is 23.5. The van der Waals surface area contributed by atoms with Crippen LogP contribution in [0, 0.1) is 0 Å². The maximum atomic E-state index is 6.80. The number of quaternary nitrogens is 1. The van der Waals surface area contributed by atoms with Gasteiger partial charge in [0.15, 0.2) is 0 Å². The molecule has 1 aromatic heterocycles. The van der Waals surface area contributed by atoms with Crippen molar-refractivity contribution in [1.82, 2.24) is 19.4 Å². The van der Waals surface area contributed by atoms with E-state index in [9.17, 15) is 0 Å². The molecule has 184 valence electrons. The lowest BCUT2D eigenvalue weighted by Gasteiger charge is -2.49. The number of aromatic nitrogens is 2. The molecule has 3 heterocycles. The number of hydrogen-bond donors (Lipinski definition) is 1. The fourth-order valence-electron chi connectivity index (χ4n) is 6.33. The summed E-state index contributed by atoms with van der Waals surface area (Å²) in [5.41, 5.74) is 7.47. The van der Waals surface area contributed by atoms with Crippen molar-refractivity contribution in [3.63, 3.8) is 0 Å². The molecule has 0 radical (unpaired) electrons. The molecule has 4 nitrogen and oxygen atoms in total. The van der Waals surface area contributed by atoms with Gasteiger partial charge >= 0.3 is 0 Å². The molecule has 2 aliphatic heterocycles. The molecule has 3 aromatic carbocycles. The number of piperidine rings is 1. The third-order valence-electron chi connectivity index (χ3n) is 8.43. The van der Waals surface area contributed by atoms with Gasteiger partial charge in [-0.15, -0.1) is 0 Å². The minimum absolute atomic E-state index is 0.603. The van der Waals surface area contributed by atoms with Crippen molar-refractivity contribution in [1.29, 1.82) is 0 Å². The summed E-state index contributed by atoms with van der Waals surface area (Å²) < 4.78 is 1.00. The third kappa shape index (κ3) is 4.28. The molecule has 2 aliphatic rings. The number of likely N-dealkylation sites (tertiary alicyclic amines) is 1. The van der Waals surface area contributed by atoms with Crippen LogP contribution in [0.15, 0.2) is 79.0 Å². The van der Waals surface area contributed by atoms with Crippen molar-refractivity contribution >= 4 is 17.3 Å². The van der Waals surface area contributed by atoms with Crippen molar-refractivity contribution < 1.29 is 0 Å². The highest BCUT2D eigenvalue weighted by Crippen LogP contribution is 2.41. The summed E-state index contributed by atoms with van der Waals surface area (Å²) >= 11 is 6.80. The van der Waals surface area contributed by atoms with Gasteiger partial charge in [0.2, 0.25) is 0 Å². The Bertz CT molecular complexity index is 1340. The zero-order valence-electron chi connectivity index (χ0n) is 21.0. The normalized spacial score (nSPS) is 20.8. The van der Waals surface area contributed by atoms with Crippen molar-refractivity contribution in [2.75, 3.05) is 26.2 Å². The number of nitrogens with one attached hydrogen (secondary N) is 1. The second kappa shape index (κ2) is 9.85. The van der Waals surface area contributed by atoms with Crippen LogP contribution in [0.2, 0.25) is 5.02 Å². The smallest absolute Gasteiger partial charge is 0.139 e. The van der Waals surface area contributed by atoms with Gasteiger partial charge in [0.25, 0.3) is 0 Å². The van der Waals surface area contributed by atoms with Crippen LogP contribution < -0.4 is 4.48 Å². The number of rotatable bonds is 5. The van der Waals surface area contributed by atoms with Crippen LogP contribution >= 0.6 is 11.6 Å². The zero-order chi connectivity index (χ0) is 24.5. The van der Waals surface area contributed by atoms with Crippen molar-refractivity contribution in [2.24, 2.45) is 0 Å². The van der Waals surface area contributed by atoms with Crippen LogP contribution in [0.5, 0.6) is 0 Å². The van der Waals surface area contributed by atoms with Crippen LogP contribution in [0.4, 0.5) is 5.69 Å². The highest BCUT2D eigenvalue weighted by Gasteiger charge is 2.43. The zero-order valence-corrected chi connectivity index (χ0v) is 21.7. The number of halogens is 1. The van der Waals surface area contributed by atoms with Crippen LogP contribution in [-0.2, 0) is 13.0 Å². The van der Waals surface area contributed by atoms with Gasteiger partial charge in [0, 0.05) is 55.6 Å². The molecule has 1 saturated heterocycles. The number of H-pyrrole nitrogens is 1. The maximum absolute atomic E-state index is 6.80. The highest BCUT2D eigenvalue weighted by atomic mass is 35.5. The lowest BCUT2D eigenvalue weighted by atomic mass is 9.90. The van der Waals surface area contributed by atoms with Crippen LogP contribution in [0.25, 0.3) is 22.6 Å². The Kier molecular flexibility index (Phi) is 6.43. The van der Waals surface area contributed by atoms with E-state index in [2.05, 4.69) is 83.5 Å². The Morgan fingerprint density at radius 2 is 1.72 bits per heavy atom. The van der Waals surface area contributed by atoms with Gasteiger partial charge in [0.05, 0.1) is 29.5 Å². The Hall–Kier alpha value is -2.92. The summed E-state index contributed by atoms with van der Waals surface area (Å²) in [6.07, 6.45) is 5.48. The fourth-order valence-corrected chi connectivity index (χ4v) is 6.53. The van der Waals surface area contributed by atoms with E-state index >= 15 is 0 Å². The molecule has 0 bridgehead atoms. The van der Waals surface area contributed by atoms with E-state index in [-0.39, 0.29) is 0 Å². The van der Waals surface area contributed by atoms with Gasteiger partial charge in [-0.05, 0) is 23.7 Å². The molecular weight excluding hydrogens is 464 g/mol. The van der Waals surface area contributed by atoms with Gasteiger partial charge in [0.1, 0.15) is 18.1 Å². The van der Waals surface area contributed by atoms with Gasteiger partial charge in [-0.2, -0.15) is 0 Å². The first-order valence-corrected chi connectivity index (χ1v) is 13.6. The predicted octanol–water partition coefficient (Wildman–Crippen LogP) is 6.95. The average molecular weight is 498 g/mol. The van der Waals surface area contributed by atoms with Crippen LogP contribution in [-0.4, -0.2) is 47.1 Å². The minimum Gasteiger partial charge on any atom is -0.338 e. The first-order valence-electron chi connectivity index (χ1n) is 13.2. The van der Waals surface area contributed by atoms with Crippen molar-refractivity contribution in [3.8, 4) is 22.6 Å². The Morgan fingerprint density at radius 3 is 2.50 bits per heavy atom. The van der Waals surface area contributed by atoms with E-state index in [1.807, 2.05) is 12.3 Å². The van der Waals surface area contributed by atoms with E-state index in [4.69, 9.17) is 16.6 Å². The summed E-state index contributed by atoms with van der Waals surface area (Å²) in [4.78, 5) is 10.9. The summed E-state index contributed by atoms with van der Waals surface area (Å²) in [7, 11) is 0. The lowest BCUT2D eigenvalue weighted by Crippen LogP contribution is -2.61. The second-order valence-corrected chi connectivity index (χ2v) is 10.7. The molecule has 1 atom stereocenters. The standard InChI is InChI=1S/C31H34ClN4/c1-2-35-17-14-26(15-18-35)36(19-16-23-8-6-7-11-25(23)22-36)27-12-13-29(32)28(20-27)31-33-21-30(34-31)24-9-4-3-5-10-24/h3-13,20-21,26H,2,14-19,22H2,1H3,(H,33,34)/q+1. The summed E-state index contributed by atoms with van der Waals surface area (Å²) in [5.74, 6) is 0.831. The quantitative estimate of drug-likeness (QED) is 0.303. The molecule has 6 rings (SSSR count). The van der Waals surface area contributed by atoms with Crippen molar-refractivity contribution in [2.45, 2.75) is 38.8 Å². The molecule has 5 heteroatoms. The summed E-state index contributed by atoms with van der Waals surface area (Å²) in [6, 6.07) is 26.6. The molecule has 0 saturated carbocycles. The highest BCUT2D eigenvalue weighted by molar-refractivity contribution is 6.33. The van der Waals surface area contributed by atoms with E-state index in [1.165, 1.54) is 42.7 Å². The predicted molar refractivity (Wildman–Crippen MR) is 150 cm³/mol. The molecule has 1 unspecified atom stereocenters. The number of imidazole rings is 1. The number of nitrogens with zero attached hydrogens (tertiary/aromatic N) is 3. The molecule has 1 fully saturated rings. The largest absolute Gasteiger partial charge is 0.338 e. The molecule has 0 aliphatic carbocycles. The molecular formula is C31H34ClN4+. The number of hydrogen-bond acceptors (Lipinski definition) is 2. The summed E-state index contributed by atoms with van der Waals surface area (Å²) in [6.45, 7) is 7.96. The molecule has 36 heavy (non-hydrogen) atoms. The minimum atomic E-state index is 0.603. The summed E-state index contributed by atoms with van der Waals surface area (Å²) in [5, 5.41) is 0.740. The molecule has 4 aromatic rings. The number of benzene rings is 3. The third-order valence-corrected chi connectivity index (χ3v) is 8.76. The van der Waals surface area contributed by atoms with Gasteiger partial charge in [-0.3, -0.25) is 4.48 Å². The monoisotopic (exact) mass is 497 g/mol. The topological polar surface area (TPSA) is 31.9 Å². The van der Waals surface area contributed by atoms with E-state index < -0.39 is 0 Å². The van der Waals surface area contributed by atoms with Gasteiger partial charge in [-0.25, -0.2) is 4.98 Å². The van der Waals surface area contributed by atoms with Crippen LogP contribution in [0.3, 0.4) is 0 Å². The Morgan fingerprint density at radius 1 is 0.972 bits per heavy atom. The van der Waals surface area contributed by atoms with E-state index in [0.29, 0.717) is 6.04 Å².